The summed E-state index contributed by atoms with van der Waals surface area (Å²) in [4.78, 5) is 23.7. The summed E-state index contributed by atoms with van der Waals surface area (Å²) in [6.45, 7) is 1.62. The molecule has 3 rings (SSSR count). The van der Waals surface area contributed by atoms with Crippen molar-refractivity contribution in [1.29, 1.82) is 0 Å². The standard InChI is InChI=1S/C21H15Cl3N4O4S2/c1-9(27-28-21(33)26-11-2-4-12(20(31)32)15(23)6-11)13-8-34-18(17(13)29)19(30)25-10-3-5-14(22)16(24)7-10/h2-8,29H,1H3,(H,25,30)(H,31,32)(H2,26,28,33). The van der Waals surface area contributed by atoms with Crippen LogP contribution in [0.1, 0.15) is 32.5 Å². The zero-order valence-corrected chi connectivity index (χ0v) is 21.1. The molecule has 0 atom stereocenters. The summed E-state index contributed by atoms with van der Waals surface area (Å²) >= 11 is 24.0. The summed E-state index contributed by atoms with van der Waals surface area (Å²) in [6, 6.07) is 8.90. The maximum absolute atomic E-state index is 12.6. The molecule has 0 saturated carbocycles. The highest BCUT2D eigenvalue weighted by atomic mass is 35.5. The number of nitrogens with zero attached hydrogens (tertiary/aromatic N) is 1. The molecular weight excluding hydrogens is 543 g/mol. The number of hydrogen-bond donors (Lipinski definition) is 5. The lowest BCUT2D eigenvalue weighted by Gasteiger charge is -2.09. The van der Waals surface area contributed by atoms with Crippen molar-refractivity contribution >= 4 is 92.4 Å². The Labute approximate surface area is 218 Å². The van der Waals surface area contributed by atoms with Gasteiger partial charge in [0.1, 0.15) is 10.6 Å². The third-order valence-corrected chi connectivity index (χ3v) is 6.53. The fourth-order valence-corrected chi connectivity index (χ4v) is 4.27. The van der Waals surface area contributed by atoms with E-state index in [9.17, 15) is 14.7 Å². The molecule has 1 amide bonds. The lowest BCUT2D eigenvalue weighted by Crippen LogP contribution is -2.25. The van der Waals surface area contributed by atoms with E-state index in [0.717, 1.165) is 11.3 Å². The summed E-state index contributed by atoms with van der Waals surface area (Å²) in [5, 5.41) is 31.5. The highest BCUT2D eigenvalue weighted by Crippen LogP contribution is 2.31. The van der Waals surface area contributed by atoms with Gasteiger partial charge in [-0.2, -0.15) is 5.10 Å². The van der Waals surface area contributed by atoms with Gasteiger partial charge in [-0.15, -0.1) is 11.3 Å². The maximum Gasteiger partial charge on any atom is 0.337 e. The monoisotopic (exact) mass is 556 g/mol. The largest absolute Gasteiger partial charge is 0.506 e. The fourth-order valence-electron chi connectivity index (χ4n) is 2.65. The molecule has 8 nitrogen and oxygen atoms in total. The minimum absolute atomic E-state index is 0.0353. The molecule has 3 aromatic rings. The fraction of sp³-hybridized carbons (Fsp3) is 0.0476. The molecule has 0 fully saturated rings. The van der Waals surface area contributed by atoms with Crippen LogP contribution in [-0.2, 0) is 0 Å². The van der Waals surface area contributed by atoms with Crippen LogP contribution in [0.2, 0.25) is 15.1 Å². The Hall–Kier alpha value is -2.89. The van der Waals surface area contributed by atoms with Gasteiger partial charge in [0, 0.05) is 16.8 Å². The molecule has 1 heterocycles. The van der Waals surface area contributed by atoms with Gasteiger partial charge in [0.05, 0.1) is 31.9 Å². The van der Waals surface area contributed by atoms with Crippen LogP contribution < -0.4 is 16.1 Å². The van der Waals surface area contributed by atoms with Gasteiger partial charge >= 0.3 is 5.97 Å². The zero-order valence-electron chi connectivity index (χ0n) is 17.1. The van der Waals surface area contributed by atoms with Gasteiger partial charge in [0.25, 0.3) is 5.91 Å². The second-order valence-corrected chi connectivity index (χ2v) is 9.18. The van der Waals surface area contributed by atoms with Crippen LogP contribution in [0.15, 0.2) is 46.9 Å². The van der Waals surface area contributed by atoms with Gasteiger partial charge < -0.3 is 20.8 Å². The number of benzene rings is 2. The van der Waals surface area contributed by atoms with Gasteiger partial charge in [-0.1, -0.05) is 34.8 Å². The van der Waals surface area contributed by atoms with Crippen molar-refractivity contribution in [3.05, 3.63) is 72.9 Å². The van der Waals surface area contributed by atoms with Gasteiger partial charge in [-0.25, -0.2) is 4.79 Å². The Morgan fingerprint density at radius 3 is 2.26 bits per heavy atom. The van der Waals surface area contributed by atoms with Crippen molar-refractivity contribution in [3.63, 3.8) is 0 Å². The molecule has 0 spiro atoms. The van der Waals surface area contributed by atoms with Crippen molar-refractivity contribution in [1.82, 2.24) is 5.43 Å². The van der Waals surface area contributed by atoms with Crippen LogP contribution in [0.5, 0.6) is 5.75 Å². The molecule has 13 heteroatoms. The molecule has 0 aliphatic carbocycles. The van der Waals surface area contributed by atoms with Crippen LogP contribution >= 0.6 is 58.4 Å². The first kappa shape index (κ1) is 25.7. The predicted octanol–water partition coefficient (Wildman–Crippen LogP) is 6.08. The van der Waals surface area contributed by atoms with E-state index in [1.54, 1.807) is 24.4 Å². The summed E-state index contributed by atoms with van der Waals surface area (Å²) in [5.41, 5.74) is 4.17. The molecule has 0 bridgehead atoms. The summed E-state index contributed by atoms with van der Waals surface area (Å²) in [7, 11) is 0. The second kappa shape index (κ2) is 11.0. The molecule has 2 aromatic carbocycles. The molecule has 1 aromatic heterocycles. The lowest BCUT2D eigenvalue weighted by molar-refractivity contribution is 0.0697. The highest BCUT2D eigenvalue weighted by molar-refractivity contribution is 7.80. The van der Waals surface area contributed by atoms with Crippen molar-refractivity contribution in [2.75, 3.05) is 10.6 Å². The number of hydrogen-bond acceptors (Lipinski definition) is 6. The third kappa shape index (κ3) is 6.16. The Morgan fingerprint density at radius 2 is 1.62 bits per heavy atom. The number of carbonyl (C=O) groups is 2. The van der Waals surface area contributed by atoms with E-state index in [1.807, 2.05) is 0 Å². The van der Waals surface area contributed by atoms with Gasteiger partial charge in [0.2, 0.25) is 0 Å². The van der Waals surface area contributed by atoms with Gasteiger partial charge in [-0.05, 0) is 55.5 Å². The molecule has 5 N–H and O–H groups in total. The number of carboxylic acid groups (broad SMARTS) is 1. The number of aromatic carboxylic acids is 1. The number of hydrazone groups is 1. The molecule has 0 aliphatic rings. The van der Waals surface area contributed by atoms with Crippen molar-refractivity contribution < 1.29 is 19.8 Å². The molecule has 0 saturated heterocycles. The number of thiophene rings is 1. The first-order chi connectivity index (χ1) is 16.1. The average Bonchev–Trinajstić information content (AvgIpc) is 3.16. The number of nitrogens with one attached hydrogen (secondary N) is 3. The van der Waals surface area contributed by atoms with E-state index in [1.165, 1.54) is 24.3 Å². The van der Waals surface area contributed by atoms with Gasteiger partial charge in [0.15, 0.2) is 5.11 Å². The van der Waals surface area contributed by atoms with E-state index in [-0.39, 0.29) is 31.3 Å². The molecule has 176 valence electrons. The quantitative estimate of drug-likeness (QED) is 0.141. The molecule has 34 heavy (non-hydrogen) atoms. The van der Waals surface area contributed by atoms with Crippen LogP contribution in [-0.4, -0.2) is 32.9 Å². The minimum Gasteiger partial charge on any atom is -0.506 e. The predicted molar refractivity (Wildman–Crippen MR) is 140 cm³/mol. The minimum atomic E-state index is -1.14. The SMILES string of the molecule is CC(=NNC(=S)Nc1ccc(C(=O)O)c(Cl)c1)c1csc(C(=O)Nc2ccc(Cl)c(Cl)c2)c1O. The van der Waals surface area contributed by atoms with E-state index in [4.69, 9.17) is 52.1 Å². The smallest absolute Gasteiger partial charge is 0.337 e. The van der Waals surface area contributed by atoms with Gasteiger partial charge in [-0.3, -0.25) is 10.2 Å². The lowest BCUT2D eigenvalue weighted by atomic mass is 10.2. The zero-order chi connectivity index (χ0) is 25.0. The van der Waals surface area contributed by atoms with E-state index < -0.39 is 11.9 Å². The number of aromatic hydroxyl groups is 1. The van der Waals surface area contributed by atoms with E-state index in [2.05, 4.69) is 21.2 Å². The number of rotatable bonds is 6. The van der Waals surface area contributed by atoms with Crippen LogP contribution in [0.25, 0.3) is 0 Å². The normalized spacial score (nSPS) is 11.1. The number of anilines is 2. The van der Waals surface area contributed by atoms with Crippen molar-refractivity contribution in [2.24, 2.45) is 5.10 Å². The van der Waals surface area contributed by atoms with Crippen molar-refractivity contribution in [3.8, 4) is 5.75 Å². The topological polar surface area (TPSA) is 123 Å². The Morgan fingerprint density at radius 1 is 0.971 bits per heavy atom. The van der Waals surface area contributed by atoms with E-state index >= 15 is 0 Å². The number of amides is 1. The maximum atomic E-state index is 12.6. The summed E-state index contributed by atoms with van der Waals surface area (Å²) < 4.78 is 0. The first-order valence-corrected chi connectivity index (χ1v) is 11.7. The second-order valence-electron chi connectivity index (χ2n) is 6.67. The molecule has 0 unspecified atom stereocenters. The first-order valence-electron chi connectivity index (χ1n) is 9.28. The van der Waals surface area contributed by atoms with Crippen molar-refractivity contribution in [2.45, 2.75) is 6.92 Å². The highest BCUT2D eigenvalue weighted by Gasteiger charge is 2.19. The summed E-state index contributed by atoms with van der Waals surface area (Å²) in [6.07, 6.45) is 0. The van der Waals surface area contributed by atoms with Crippen LogP contribution in [0.4, 0.5) is 11.4 Å². The summed E-state index contributed by atoms with van der Waals surface area (Å²) in [5.74, 6) is -1.90. The molecule has 0 aliphatic heterocycles. The number of halogens is 3. The average molecular weight is 558 g/mol. The molecule has 0 radical (unpaired) electrons. The van der Waals surface area contributed by atoms with E-state index in [0.29, 0.717) is 27.7 Å². The number of carbonyl (C=O) groups excluding carboxylic acids is 1. The third-order valence-electron chi connectivity index (χ3n) is 4.32. The Bertz CT molecular complexity index is 1330. The number of thiocarbonyl (C=S) groups is 1. The van der Waals surface area contributed by atoms with Crippen LogP contribution in [0, 0.1) is 0 Å². The Balaban J connectivity index is 1.66. The molecular formula is C21H15Cl3N4O4S2. The number of carboxylic acids is 1. The van der Waals surface area contributed by atoms with Crippen LogP contribution in [0.3, 0.4) is 0 Å². The Kier molecular flexibility index (Phi) is 8.34.